The number of allylic oxidation sites excluding steroid dienone is 3. The lowest BCUT2D eigenvalue weighted by atomic mass is 9.92. The number of rotatable bonds is 4. The van der Waals surface area contributed by atoms with E-state index in [2.05, 4.69) is 31.6 Å². The van der Waals surface area contributed by atoms with Crippen molar-refractivity contribution in [1.29, 1.82) is 0 Å². The van der Waals surface area contributed by atoms with E-state index in [1.807, 2.05) is 19.9 Å². The van der Waals surface area contributed by atoms with E-state index in [1.165, 1.54) is 7.11 Å². The van der Waals surface area contributed by atoms with Gasteiger partial charge in [0.1, 0.15) is 0 Å². The topological polar surface area (TPSA) is 46.5 Å². The zero-order valence-electron chi connectivity index (χ0n) is 12.6. The highest BCUT2D eigenvalue weighted by Crippen LogP contribution is 2.20. The molecular formula is C15H26O3. The molecule has 0 aromatic carbocycles. The van der Waals surface area contributed by atoms with Crippen LogP contribution in [0, 0.1) is 11.3 Å². The molecule has 0 spiro atoms. The van der Waals surface area contributed by atoms with Gasteiger partial charge in [0, 0.05) is 0 Å². The Hall–Kier alpha value is -1.09. The Balaban J connectivity index is 4.89. The van der Waals surface area contributed by atoms with Crippen LogP contribution in [0.5, 0.6) is 0 Å². The highest BCUT2D eigenvalue weighted by Gasteiger charge is 2.23. The summed E-state index contributed by atoms with van der Waals surface area (Å²) in [7, 11) is 1.33. The first kappa shape index (κ1) is 16.9. The first-order valence-electron chi connectivity index (χ1n) is 6.22. The Morgan fingerprint density at radius 2 is 1.78 bits per heavy atom. The lowest BCUT2D eigenvalue weighted by Gasteiger charge is -2.18. The molecule has 3 nitrogen and oxygen atoms in total. The van der Waals surface area contributed by atoms with E-state index < -0.39 is 18.0 Å². The van der Waals surface area contributed by atoms with E-state index >= 15 is 0 Å². The van der Waals surface area contributed by atoms with E-state index in [9.17, 15) is 9.90 Å². The second kappa shape index (κ2) is 6.74. The first-order valence-corrected chi connectivity index (χ1v) is 6.22. The summed E-state index contributed by atoms with van der Waals surface area (Å²) >= 11 is 0. The molecule has 0 saturated carbocycles. The number of hydrogen-bond acceptors (Lipinski definition) is 3. The maximum Gasteiger partial charge on any atom is 0.311 e. The highest BCUT2D eigenvalue weighted by molar-refractivity contribution is 5.73. The zero-order chi connectivity index (χ0) is 14.5. The van der Waals surface area contributed by atoms with Gasteiger partial charge in [-0.1, -0.05) is 38.5 Å². The molecule has 104 valence electrons. The molecule has 0 heterocycles. The van der Waals surface area contributed by atoms with Crippen molar-refractivity contribution < 1.29 is 14.6 Å². The van der Waals surface area contributed by atoms with Crippen molar-refractivity contribution in [1.82, 2.24) is 0 Å². The monoisotopic (exact) mass is 254 g/mol. The standard InChI is InChI=1S/C15H26O3/c1-10(9-15(4,5)6)8-11(2)13(16)12(3)14(17)18-7/h8-9,12-13,16H,1-7H3/b10-9+,11-8+/t12-,13+/m1/s1. The Morgan fingerprint density at radius 1 is 1.28 bits per heavy atom. The molecule has 0 aromatic heterocycles. The molecule has 2 atom stereocenters. The largest absolute Gasteiger partial charge is 0.469 e. The van der Waals surface area contributed by atoms with Crippen molar-refractivity contribution >= 4 is 5.97 Å². The van der Waals surface area contributed by atoms with Gasteiger partial charge in [-0.15, -0.1) is 0 Å². The van der Waals surface area contributed by atoms with Gasteiger partial charge in [-0.2, -0.15) is 0 Å². The molecule has 0 bridgehead atoms. The van der Waals surface area contributed by atoms with E-state index in [0.717, 1.165) is 11.1 Å². The fraction of sp³-hybridized carbons (Fsp3) is 0.667. The van der Waals surface area contributed by atoms with Crippen LogP contribution in [0.2, 0.25) is 0 Å². The van der Waals surface area contributed by atoms with Crippen LogP contribution < -0.4 is 0 Å². The van der Waals surface area contributed by atoms with Gasteiger partial charge in [-0.25, -0.2) is 0 Å². The van der Waals surface area contributed by atoms with Crippen LogP contribution in [-0.4, -0.2) is 24.3 Å². The van der Waals surface area contributed by atoms with Crippen molar-refractivity contribution in [3.05, 3.63) is 23.3 Å². The average Bonchev–Trinajstić information content (AvgIpc) is 2.22. The van der Waals surface area contributed by atoms with Gasteiger partial charge < -0.3 is 9.84 Å². The number of ether oxygens (including phenoxy) is 1. The van der Waals surface area contributed by atoms with Crippen molar-refractivity contribution in [3.8, 4) is 0 Å². The third-order valence-electron chi connectivity index (χ3n) is 2.63. The Morgan fingerprint density at radius 3 is 2.17 bits per heavy atom. The molecule has 0 aliphatic rings. The molecule has 0 aliphatic heterocycles. The van der Waals surface area contributed by atoms with E-state index in [-0.39, 0.29) is 5.41 Å². The number of carbonyl (C=O) groups excluding carboxylic acids is 1. The maximum atomic E-state index is 11.3. The first-order chi connectivity index (χ1) is 8.08. The summed E-state index contributed by atoms with van der Waals surface area (Å²) in [5, 5.41) is 10.0. The van der Waals surface area contributed by atoms with Crippen LogP contribution in [0.4, 0.5) is 0 Å². The molecule has 0 unspecified atom stereocenters. The highest BCUT2D eigenvalue weighted by atomic mass is 16.5. The van der Waals surface area contributed by atoms with Crippen molar-refractivity contribution in [2.75, 3.05) is 7.11 Å². The summed E-state index contributed by atoms with van der Waals surface area (Å²) in [6, 6.07) is 0. The number of methoxy groups -OCH3 is 1. The van der Waals surface area contributed by atoms with Crippen LogP contribution in [0.1, 0.15) is 41.5 Å². The molecular weight excluding hydrogens is 228 g/mol. The average molecular weight is 254 g/mol. The number of carbonyl (C=O) groups is 1. The molecule has 0 aliphatic carbocycles. The molecule has 0 fully saturated rings. The van der Waals surface area contributed by atoms with Crippen LogP contribution >= 0.6 is 0 Å². The summed E-state index contributed by atoms with van der Waals surface area (Å²) in [6.07, 6.45) is 3.24. The molecule has 0 radical (unpaired) electrons. The smallest absolute Gasteiger partial charge is 0.311 e. The van der Waals surface area contributed by atoms with Gasteiger partial charge in [-0.05, 0) is 31.8 Å². The number of esters is 1. The Bertz CT molecular complexity index is 345. The van der Waals surface area contributed by atoms with Gasteiger partial charge in [-0.3, -0.25) is 4.79 Å². The SMILES string of the molecule is COC(=O)[C@H](C)[C@@H](O)/C(C)=C/C(C)=C/C(C)(C)C. The van der Waals surface area contributed by atoms with E-state index in [4.69, 9.17) is 0 Å². The van der Waals surface area contributed by atoms with Crippen molar-refractivity contribution in [2.45, 2.75) is 47.6 Å². The fourth-order valence-electron chi connectivity index (χ4n) is 1.88. The Kier molecular flexibility index (Phi) is 6.33. The molecule has 0 saturated heterocycles. The molecule has 0 amide bonds. The molecule has 3 heteroatoms. The molecule has 1 N–H and O–H groups in total. The van der Waals surface area contributed by atoms with E-state index in [1.54, 1.807) is 6.92 Å². The van der Waals surface area contributed by atoms with Gasteiger partial charge in [0.15, 0.2) is 0 Å². The van der Waals surface area contributed by atoms with Crippen molar-refractivity contribution in [3.63, 3.8) is 0 Å². The number of aliphatic hydroxyl groups is 1. The predicted octanol–water partition coefficient (Wildman–Crippen LogP) is 3.10. The normalized spacial score (nSPS) is 17.3. The van der Waals surface area contributed by atoms with Gasteiger partial charge in [0.05, 0.1) is 19.1 Å². The maximum absolute atomic E-state index is 11.3. The summed E-state index contributed by atoms with van der Waals surface area (Å²) in [4.78, 5) is 11.3. The fourth-order valence-corrected chi connectivity index (χ4v) is 1.88. The van der Waals surface area contributed by atoms with Gasteiger partial charge >= 0.3 is 5.97 Å². The second-order valence-electron chi connectivity index (χ2n) is 5.90. The van der Waals surface area contributed by atoms with Gasteiger partial charge in [0.25, 0.3) is 0 Å². The lowest BCUT2D eigenvalue weighted by Crippen LogP contribution is -2.27. The lowest BCUT2D eigenvalue weighted by molar-refractivity contribution is -0.147. The summed E-state index contributed by atoms with van der Waals surface area (Å²) in [6.45, 7) is 11.8. The molecule has 18 heavy (non-hydrogen) atoms. The minimum absolute atomic E-state index is 0.0970. The predicted molar refractivity (Wildman–Crippen MR) is 74.2 cm³/mol. The molecule has 0 rings (SSSR count). The minimum Gasteiger partial charge on any atom is -0.469 e. The minimum atomic E-state index is -0.805. The number of aliphatic hydroxyl groups excluding tert-OH is 1. The van der Waals surface area contributed by atoms with Crippen LogP contribution in [0.25, 0.3) is 0 Å². The quantitative estimate of drug-likeness (QED) is 0.619. The van der Waals surface area contributed by atoms with Crippen LogP contribution in [0.15, 0.2) is 23.3 Å². The summed E-state index contributed by atoms with van der Waals surface area (Å²) in [5.41, 5.74) is 1.95. The second-order valence-corrected chi connectivity index (χ2v) is 5.90. The van der Waals surface area contributed by atoms with Crippen LogP contribution in [0.3, 0.4) is 0 Å². The van der Waals surface area contributed by atoms with Crippen LogP contribution in [-0.2, 0) is 9.53 Å². The van der Waals surface area contributed by atoms with Crippen molar-refractivity contribution in [2.24, 2.45) is 11.3 Å². The summed E-state index contributed by atoms with van der Waals surface area (Å²) in [5.74, 6) is -0.943. The molecule has 0 aromatic rings. The van der Waals surface area contributed by atoms with E-state index in [0.29, 0.717) is 0 Å². The third-order valence-corrected chi connectivity index (χ3v) is 2.63. The third kappa shape index (κ3) is 6.01. The number of hydrogen-bond donors (Lipinski definition) is 1. The summed E-state index contributed by atoms with van der Waals surface area (Å²) < 4.78 is 4.63. The Labute approximate surface area is 111 Å². The zero-order valence-corrected chi connectivity index (χ0v) is 12.6. The van der Waals surface area contributed by atoms with Gasteiger partial charge in [0.2, 0.25) is 0 Å².